The Hall–Kier alpha value is -1.92. The second kappa shape index (κ2) is 6.31. The second-order valence-electron chi connectivity index (χ2n) is 4.13. The zero-order valence-corrected chi connectivity index (χ0v) is 10.7. The minimum atomic E-state index is -0.804. The monoisotopic (exact) mass is 263 g/mol. The van der Waals surface area contributed by atoms with Crippen LogP contribution in [0.2, 0.25) is 0 Å². The molecular weight excluding hydrogens is 246 g/mol. The molecule has 6 nitrogen and oxygen atoms in total. The third kappa shape index (κ3) is 3.30. The fourth-order valence-electron chi connectivity index (χ4n) is 1.62. The number of aliphatic hydroxyl groups is 2. The van der Waals surface area contributed by atoms with Crippen molar-refractivity contribution in [3.8, 4) is 11.5 Å². The van der Waals surface area contributed by atoms with Crippen molar-refractivity contribution in [3.63, 3.8) is 0 Å². The molecule has 0 fully saturated rings. The van der Waals surface area contributed by atoms with Crippen LogP contribution in [0.25, 0.3) is 11.5 Å². The van der Waals surface area contributed by atoms with Crippen LogP contribution in [-0.4, -0.2) is 39.6 Å². The predicted octanol–water partition coefficient (Wildman–Crippen LogP) is 1.06. The van der Waals surface area contributed by atoms with Crippen molar-refractivity contribution in [2.24, 2.45) is 0 Å². The van der Waals surface area contributed by atoms with Gasteiger partial charge in [0.05, 0.1) is 18.3 Å². The normalized spacial score (nSPS) is 12.4. The van der Waals surface area contributed by atoms with E-state index in [1.165, 1.54) is 0 Å². The van der Waals surface area contributed by atoms with E-state index in [-0.39, 0.29) is 13.2 Å². The van der Waals surface area contributed by atoms with Gasteiger partial charge in [0.25, 0.3) is 5.89 Å². The van der Waals surface area contributed by atoms with Crippen LogP contribution in [0.5, 0.6) is 0 Å². The molecule has 6 heteroatoms. The lowest BCUT2D eigenvalue weighted by Gasteiger charge is -2.12. The van der Waals surface area contributed by atoms with Gasteiger partial charge in [-0.2, -0.15) is 4.98 Å². The summed E-state index contributed by atoms with van der Waals surface area (Å²) in [5.41, 5.74) is 1.56. The summed E-state index contributed by atoms with van der Waals surface area (Å²) in [7, 11) is 0. The van der Waals surface area contributed by atoms with Gasteiger partial charge in [-0.25, -0.2) is 0 Å². The number of nitrogens with zero attached hydrogens (tertiary/aromatic N) is 2. The summed E-state index contributed by atoms with van der Waals surface area (Å²) in [4.78, 5) is 4.28. The molecule has 0 aliphatic rings. The first-order valence-electron chi connectivity index (χ1n) is 6.19. The van der Waals surface area contributed by atoms with Crippen molar-refractivity contribution < 1.29 is 14.7 Å². The van der Waals surface area contributed by atoms with E-state index in [9.17, 15) is 5.11 Å². The number of aliphatic hydroxyl groups excluding tert-OH is 2. The zero-order chi connectivity index (χ0) is 13.7. The standard InChI is InChI=1S/C13H17N3O3/c1-2-12-15-13(19-16-12)10-5-3-4-6-11(10)14-7-9(18)8-17/h3-6,9,14,17-18H,2,7-8H2,1H3. The third-order valence-corrected chi connectivity index (χ3v) is 2.68. The van der Waals surface area contributed by atoms with E-state index in [1.807, 2.05) is 31.2 Å². The fraction of sp³-hybridized carbons (Fsp3) is 0.385. The maximum Gasteiger partial charge on any atom is 0.260 e. The van der Waals surface area contributed by atoms with Gasteiger partial charge in [0.1, 0.15) is 0 Å². The first-order valence-corrected chi connectivity index (χ1v) is 6.19. The Kier molecular flexibility index (Phi) is 4.48. The molecular formula is C13H17N3O3. The molecule has 0 radical (unpaired) electrons. The van der Waals surface area contributed by atoms with Gasteiger partial charge in [-0.3, -0.25) is 0 Å². The molecule has 1 aromatic carbocycles. The fourth-order valence-corrected chi connectivity index (χ4v) is 1.62. The van der Waals surface area contributed by atoms with E-state index in [2.05, 4.69) is 15.5 Å². The maximum atomic E-state index is 9.36. The van der Waals surface area contributed by atoms with Gasteiger partial charge in [-0.05, 0) is 12.1 Å². The average molecular weight is 263 g/mol. The summed E-state index contributed by atoms with van der Waals surface area (Å²) in [6.45, 7) is 1.92. The molecule has 0 aliphatic carbocycles. The number of benzene rings is 1. The smallest absolute Gasteiger partial charge is 0.260 e. The Morgan fingerprint density at radius 2 is 2.16 bits per heavy atom. The molecule has 0 spiro atoms. The van der Waals surface area contributed by atoms with Gasteiger partial charge in [-0.15, -0.1) is 0 Å². The van der Waals surface area contributed by atoms with Crippen LogP contribution in [0.15, 0.2) is 28.8 Å². The topological polar surface area (TPSA) is 91.4 Å². The van der Waals surface area contributed by atoms with Crippen molar-refractivity contribution >= 4 is 5.69 Å². The number of rotatable bonds is 6. The lowest BCUT2D eigenvalue weighted by Crippen LogP contribution is -2.23. The van der Waals surface area contributed by atoms with Gasteiger partial charge >= 0.3 is 0 Å². The molecule has 1 unspecified atom stereocenters. The summed E-state index contributed by atoms with van der Waals surface area (Å²) >= 11 is 0. The summed E-state index contributed by atoms with van der Waals surface area (Å²) in [5, 5.41) is 25.1. The summed E-state index contributed by atoms with van der Waals surface area (Å²) in [6, 6.07) is 7.46. The summed E-state index contributed by atoms with van der Waals surface area (Å²) < 4.78 is 5.20. The highest BCUT2D eigenvalue weighted by atomic mass is 16.5. The molecule has 19 heavy (non-hydrogen) atoms. The number of aromatic nitrogens is 2. The van der Waals surface area contributed by atoms with Gasteiger partial charge in [0, 0.05) is 18.7 Å². The predicted molar refractivity (Wildman–Crippen MR) is 70.7 cm³/mol. The van der Waals surface area contributed by atoms with Crippen LogP contribution in [0.1, 0.15) is 12.7 Å². The minimum Gasteiger partial charge on any atom is -0.394 e. The van der Waals surface area contributed by atoms with E-state index in [4.69, 9.17) is 9.63 Å². The highest BCUT2D eigenvalue weighted by Crippen LogP contribution is 2.26. The van der Waals surface area contributed by atoms with Crippen molar-refractivity contribution in [3.05, 3.63) is 30.1 Å². The SMILES string of the molecule is CCc1noc(-c2ccccc2NCC(O)CO)n1. The molecule has 1 atom stereocenters. The Balaban J connectivity index is 2.20. The minimum absolute atomic E-state index is 0.252. The first kappa shape index (κ1) is 13.5. The number of nitrogens with one attached hydrogen (secondary N) is 1. The van der Waals surface area contributed by atoms with Crippen LogP contribution in [0, 0.1) is 0 Å². The lowest BCUT2D eigenvalue weighted by molar-refractivity contribution is 0.105. The number of anilines is 1. The largest absolute Gasteiger partial charge is 0.394 e. The van der Waals surface area contributed by atoms with Crippen molar-refractivity contribution in [1.29, 1.82) is 0 Å². The van der Waals surface area contributed by atoms with Crippen molar-refractivity contribution in [1.82, 2.24) is 10.1 Å². The Morgan fingerprint density at radius 1 is 1.37 bits per heavy atom. The first-order chi connectivity index (χ1) is 9.24. The highest BCUT2D eigenvalue weighted by molar-refractivity contribution is 5.72. The Morgan fingerprint density at radius 3 is 2.84 bits per heavy atom. The summed E-state index contributed by atoms with van der Waals surface area (Å²) in [5.74, 6) is 1.10. The van der Waals surface area contributed by atoms with Gasteiger partial charge in [0.2, 0.25) is 0 Å². The molecule has 0 saturated carbocycles. The van der Waals surface area contributed by atoms with E-state index < -0.39 is 6.10 Å². The number of aryl methyl sites for hydroxylation is 1. The molecule has 1 aromatic heterocycles. The molecule has 102 valence electrons. The van der Waals surface area contributed by atoms with Crippen LogP contribution < -0.4 is 5.32 Å². The van der Waals surface area contributed by atoms with Crippen LogP contribution in [-0.2, 0) is 6.42 Å². The van der Waals surface area contributed by atoms with Crippen molar-refractivity contribution in [2.75, 3.05) is 18.5 Å². The molecule has 2 rings (SSSR count). The van der Waals surface area contributed by atoms with Gasteiger partial charge in [-0.1, -0.05) is 24.2 Å². The van der Waals surface area contributed by atoms with Gasteiger partial charge < -0.3 is 20.1 Å². The molecule has 0 saturated heterocycles. The molecule has 2 aromatic rings. The van der Waals surface area contributed by atoms with Crippen LogP contribution in [0.3, 0.4) is 0 Å². The second-order valence-corrected chi connectivity index (χ2v) is 4.13. The average Bonchev–Trinajstić information content (AvgIpc) is 2.93. The number of hydrogen-bond donors (Lipinski definition) is 3. The van der Waals surface area contributed by atoms with Crippen LogP contribution >= 0.6 is 0 Å². The Labute approximate surface area is 111 Å². The van der Waals surface area contributed by atoms with E-state index in [1.54, 1.807) is 0 Å². The maximum absolute atomic E-state index is 9.36. The zero-order valence-electron chi connectivity index (χ0n) is 10.7. The quantitative estimate of drug-likeness (QED) is 0.722. The van der Waals surface area contributed by atoms with Crippen LogP contribution in [0.4, 0.5) is 5.69 Å². The van der Waals surface area contributed by atoms with Gasteiger partial charge in [0.15, 0.2) is 5.82 Å². The van der Waals surface area contributed by atoms with E-state index in [0.717, 1.165) is 11.3 Å². The molecule has 0 aliphatic heterocycles. The molecule has 1 heterocycles. The Bertz CT molecular complexity index is 527. The lowest BCUT2D eigenvalue weighted by atomic mass is 10.1. The number of hydrogen-bond acceptors (Lipinski definition) is 6. The van der Waals surface area contributed by atoms with E-state index in [0.29, 0.717) is 18.1 Å². The van der Waals surface area contributed by atoms with Crippen molar-refractivity contribution in [2.45, 2.75) is 19.4 Å². The highest BCUT2D eigenvalue weighted by Gasteiger charge is 2.12. The van der Waals surface area contributed by atoms with E-state index >= 15 is 0 Å². The molecule has 0 amide bonds. The molecule has 0 bridgehead atoms. The third-order valence-electron chi connectivity index (χ3n) is 2.68. The molecule has 3 N–H and O–H groups in total. The summed E-state index contributed by atoms with van der Waals surface area (Å²) in [6.07, 6.45) is -0.0931. The number of para-hydroxylation sites is 1.